The van der Waals surface area contributed by atoms with Crippen molar-refractivity contribution in [3.8, 4) is 0 Å². The number of hydrogen-bond donors (Lipinski definition) is 2. The molecule has 0 saturated heterocycles. The van der Waals surface area contributed by atoms with Gasteiger partial charge in [-0.3, -0.25) is 4.79 Å². The third-order valence-corrected chi connectivity index (χ3v) is 1.75. The van der Waals surface area contributed by atoms with Crippen molar-refractivity contribution in [3.63, 3.8) is 0 Å². The van der Waals surface area contributed by atoms with Gasteiger partial charge in [-0.25, -0.2) is 4.68 Å². The minimum Gasteiger partial charge on any atom is -0.481 e. The lowest BCUT2D eigenvalue weighted by atomic mass is 10.8. The van der Waals surface area contributed by atoms with Crippen molar-refractivity contribution in [1.82, 2.24) is 14.9 Å². The highest BCUT2D eigenvalue weighted by atomic mass is 32.2. The molecule has 1 aromatic rings. The van der Waals surface area contributed by atoms with Crippen LogP contribution in [0.5, 0.6) is 0 Å². The van der Waals surface area contributed by atoms with Crippen molar-refractivity contribution in [3.05, 3.63) is 6.33 Å². The zero-order chi connectivity index (χ0) is 8.27. The van der Waals surface area contributed by atoms with E-state index in [9.17, 15) is 4.79 Å². The molecule has 0 aromatic carbocycles. The maximum atomic E-state index is 10.1. The molecule has 0 bridgehead atoms. The summed E-state index contributed by atoms with van der Waals surface area (Å²) in [6, 6.07) is 0. The molecule has 7 heteroatoms. The maximum absolute atomic E-state index is 10.1. The summed E-state index contributed by atoms with van der Waals surface area (Å²) in [5, 5.41) is 15.5. The van der Waals surface area contributed by atoms with Crippen LogP contribution in [0.25, 0.3) is 0 Å². The first kappa shape index (κ1) is 7.86. The highest BCUT2D eigenvalue weighted by Crippen LogP contribution is 2.10. The van der Waals surface area contributed by atoms with Gasteiger partial charge in [0.1, 0.15) is 0 Å². The summed E-state index contributed by atoms with van der Waals surface area (Å²) in [5.74, 6) is 4.25. The van der Waals surface area contributed by atoms with Gasteiger partial charge in [-0.1, -0.05) is 11.8 Å². The molecule has 0 amide bonds. The van der Waals surface area contributed by atoms with E-state index in [1.54, 1.807) is 0 Å². The number of aromatic nitrogens is 3. The molecule has 59 valence electrons. The van der Waals surface area contributed by atoms with Gasteiger partial charge in [0.05, 0.1) is 5.75 Å². The van der Waals surface area contributed by atoms with Gasteiger partial charge in [-0.2, -0.15) is 0 Å². The van der Waals surface area contributed by atoms with Crippen molar-refractivity contribution in [1.29, 1.82) is 0 Å². The summed E-state index contributed by atoms with van der Waals surface area (Å²) in [5.41, 5.74) is 0. The molecular formula is C4H5N4O2S. The lowest BCUT2D eigenvalue weighted by Crippen LogP contribution is -2.09. The summed E-state index contributed by atoms with van der Waals surface area (Å²) in [6.45, 7) is 0. The normalized spacial score (nSPS) is 9.82. The minimum absolute atomic E-state index is 0.0796. The smallest absolute Gasteiger partial charge is 0.313 e. The standard InChI is InChI=1S/C4H5N4O2S/c5-8-2-6-7-4(8)11-1-3(9)10/h1,5H2,(H,9,10). The second kappa shape index (κ2) is 3.24. The summed E-state index contributed by atoms with van der Waals surface area (Å²) >= 11 is 0.995. The van der Waals surface area contributed by atoms with Crippen molar-refractivity contribution < 1.29 is 9.90 Å². The highest BCUT2D eigenvalue weighted by Gasteiger charge is 2.04. The fourth-order valence-corrected chi connectivity index (χ4v) is 0.960. The van der Waals surface area contributed by atoms with E-state index in [0.717, 1.165) is 16.4 Å². The second-order valence-electron chi connectivity index (χ2n) is 1.63. The van der Waals surface area contributed by atoms with Crippen molar-refractivity contribution in [2.75, 3.05) is 11.6 Å². The Kier molecular flexibility index (Phi) is 2.32. The summed E-state index contributed by atoms with van der Waals surface area (Å²) in [6.07, 6.45) is 2.31. The van der Waals surface area contributed by atoms with E-state index in [4.69, 9.17) is 10.9 Å². The van der Waals surface area contributed by atoms with Crippen LogP contribution < -0.4 is 5.84 Å². The van der Waals surface area contributed by atoms with Gasteiger partial charge in [0, 0.05) is 0 Å². The zero-order valence-electron chi connectivity index (χ0n) is 5.39. The van der Waals surface area contributed by atoms with Crippen molar-refractivity contribution in [2.24, 2.45) is 0 Å². The zero-order valence-corrected chi connectivity index (χ0v) is 6.21. The number of thioether (sulfide) groups is 1. The van der Waals surface area contributed by atoms with E-state index < -0.39 is 5.97 Å². The predicted molar refractivity (Wildman–Crippen MR) is 37.4 cm³/mol. The quantitative estimate of drug-likeness (QED) is 0.448. The lowest BCUT2D eigenvalue weighted by molar-refractivity contribution is -0.133. The second-order valence-corrected chi connectivity index (χ2v) is 2.58. The molecule has 1 aromatic heterocycles. The first-order chi connectivity index (χ1) is 5.20. The molecule has 0 fully saturated rings. The molecule has 3 N–H and O–H groups in total. The molecule has 0 spiro atoms. The Morgan fingerprint density at radius 1 is 1.91 bits per heavy atom. The molecule has 11 heavy (non-hydrogen) atoms. The monoisotopic (exact) mass is 173 g/mol. The van der Waals surface area contributed by atoms with E-state index in [-0.39, 0.29) is 5.75 Å². The number of carboxylic acid groups (broad SMARTS) is 1. The van der Waals surface area contributed by atoms with Gasteiger partial charge in [-0.05, 0) is 0 Å². The topological polar surface area (TPSA) is 94.0 Å². The Labute approximate surface area is 66.4 Å². The van der Waals surface area contributed by atoms with Gasteiger partial charge in [0.2, 0.25) is 11.5 Å². The van der Waals surface area contributed by atoms with Crippen molar-refractivity contribution >= 4 is 17.7 Å². The van der Waals surface area contributed by atoms with Crippen LogP contribution in [-0.4, -0.2) is 31.7 Å². The lowest BCUT2D eigenvalue weighted by Gasteiger charge is -1.94. The number of carbonyl (C=O) groups is 1. The van der Waals surface area contributed by atoms with Crippen LogP contribution in [0.4, 0.5) is 0 Å². The number of rotatable bonds is 3. The SMILES string of the molecule is Nn1[c]nnc1SCC(=O)O. The van der Waals surface area contributed by atoms with Gasteiger partial charge < -0.3 is 10.9 Å². The number of aliphatic carboxylic acids is 1. The molecule has 1 heterocycles. The van der Waals surface area contributed by atoms with Crippen LogP contribution >= 0.6 is 11.8 Å². The molecule has 0 aliphatic rings. The van der Waals surface area contributed by atoms with Crippen LogP contribution in [0.15, 0.2) is 5.16 Å². The van der Waals surface area contributed by atoms with E-state index >= 15 is 0 Å². The largest absolute Gasteiger partial charge is 0.481 e. The molecular weight excluding hydrogens is 168 g/mol. The molecule has 0 aliphatic carbocycles. The molecule has 6 nitrogen and oxygen atoms in total. The van der Waals surface area contributed by atoms with E-state index in [1.807, 2.05) is 0 Å². The molecule has 0 aliphatic heterocycles. The Bertz CT molecular complexity index is 260. The Balaban J connectivity index is 2.51. The number of hydrogen-bond acceptors (Lipinski definition) is 5. The first-order valence-electron chi connectivity index (χ1n) is 2.63. The van der Waals surface area contributed by atoms with E-state index in [0.29, 0.717) is 5.16 Å². The van der Waals surface area contributed by atoms with Crippen LogP contribution in [0, 0.1) is 6.33 Å². The summed E-state index contributed by atoms with van der Waals surface area (Å²) < 4.78 is 1.05. The average Bonchev–Trinajstić information content (AvgIpc) is 2.31. The highest BCUT2D eigenvalue weighted by molar-refractivity contribution is 7.99. The Morgan fingerprint density at radius 3 is 3.09 bits per heavy atom. The fraction of sp³-hybridized carbons (Fsp3) is 0.250. The first-order valence-corrected chi connectivity index (χ1v) is 3.61. The minimum atomic E-state index is -0.919. The van der Waals surface area contributed by atoms with E-state index in [1.165, 1.54) is 0 Å². The fourth-order valence-electron chi connectivity index (χ4n) is 0.429. The summed E-state index contributed by atoms with van der Waals surface area (Å²) in [4.78, 5) is 10.1. The molecule has 0 saturated carbocycles. The summed E-state index contributed by atoms with van der Waals surface area (Å²) in [7, 11) is 0. The Morgan fingerprint density at radius 2 is 2.64 bits per heavy atom. The van der Waals surface area contributed by atoms with Crippen LogP contribution in [-0.2, 0) is 4.79 Å². The predicted octanol–water partition coefficient (Wildman–Crippen LogP) is -1.03. The van der Waals surface area contributed by atoms with Gasteiger partial charge in [0.25, 0.3) is 0 Å². The molecule has 1 rings (SSSR count). The van der Waals surface area contributed by atoms with Crippen LogP contribution in [0.1, 0.15) is 0 Å². The maximum Gasteiger partial charge on any atom is 0.313 e. The Hall–Kier alpha value is -1.24. The van der Waals surface area contributed by atoms with Gasteiger partial charge >= 0.3 is 5.97 Å². The molecule has 1 radical (unpaired) electrons. The van der Waals surface area contributed by atoms with Crippen LogP contribution in [0.3, 0.4) is 0 Å². The van der Waals surface area contributed by atoms with Crippen LogP contribution in [0.2, 0.25) is 0 Å². The number of nitrogen functional groups attached to an aromatic ring is 1. The van der Waals surface area contributed by atoms with E-state index in [2.05, 4.69) is 16.5 Å². The third-order valence-electron chi connectivity index (χ3n) is 0.819. The third kappa shape index (κ3) is 2.11. The number of nitrogens with zero attached hydrogens (tertiary/aromatic N) is 3. The van der Waals surface area contributed by atoms with Gasteiger partial charge in [0.15, 0.2) is 0 Å². The molecule has 0 atom stereocenters. The average molecular weight is 173 g/mol. The number of nitrogens with two attached hydrogens (primary N) is 1. The van der Waals surface area contributed by atoms with Gasteiger partial charge in [-0.15, -0.1) is 10.2 Å². The van der Waals surface area contributed by atoms with Crippen molar-refractivity contribution in [2.45, 2.75) is 5.16 Å². The molecule has 0 unspecified atom stereocenters. The number of carboxylic acids is 1.